The Kier molecular flexibility index (Phi) is 3.23. The summed E-state index contributed by atoms with van der Waals surface area (Å²) in [6.07, 6.45) is 0. The van der Waals surface area contributed by atoms with Gasteiger partial charge in [-0.15, -0.1) is 11.3 Å². The third-order valence-corrected chi connectivity index (χ3v) is 11.7. The third kappa shape index (κ3) is 4.12. The molecule has 55 heavy (non-hydrogen) atoms. The molecule has 0 N–H and O–H groups in total. The summed E-state index contributed by atoms with van der Waals surface area (Å²) >= 11 is 0.770. The molecule has 7 aromatic carbocycles. The highest BCUT2D eigenvalue weighted by atomic mass is 32.1. The van der Waals surface area contributed by atoms with E-state index in [2.05, 4.69) is 0 Å². The number of rotatable bonds is 1. The number of thiophene rings is 1. The van der Waals surface area contributed by atoms with E-state index >= 15 is 0 Å². The minimum Gasteiger partial charge on any atom is -0.311 e. The summed E-state index contributed by atoms with van der Waals surface area (Å²) in [4.78, 5) is 2.51. The molecule has 0 amide bonds. The average Bonchev–Trinajstić information content (AvgIpc) is 3.48. The third-order valence-electron chi connectivity index (χ3n) is 10.7. The van der Waals surface area contributed by atoms with Gasteiger partial charge in [0.2, 0.25) is 0 Å². The highest BCUT2D eigenvalue weighted by Gasteiger charge is 2.47. The van der Waals surface area contributed by atoms with Gasteiger partial charge in [0.25, 0.3) is 6.71 Å². The smallest absolute Gasteiger partial charge is 0.252 e. The maximum atomic E-state index is 10.4. The second kappa shape index (κ2) is 10.5. The van der Waals surface area contributed by atoms with Gasteiger partial charge in [0.15, 0.2) is 0 Å². The molecule has 3 nitrogen and oxygen atoms in total. The molecule has 9 aromatic rings. The van der Waals surface area contributed by atoms with Crippen LogP contribution in [-0.2, 0) is 10.8 Å². The van der Waals surface area contributed by atoms with Crippen LogP contribution in [0.15, 0.2) is 133 Å². The fourth-order valence-corrected chi connectivity index (χ4v) is 9.10. The van der Waals surface area contributed by atoms with Crippen LogP contribution in [0.25, 0.3) is 47.7 Å². The molecule has 0 spiro atoms. The number of hydrogen-bond acceptors (Lipinski definition) is 3. The van der Waals surface area contributed by atoms with Crippen molar-refractivity contribution in [1.82, 2.24) is 4.57 Å². The normalized spacial score (nSPS) is 19.9. The van der Waals surface area contributed by atoms with Gasteiger partial charge in [0.1, 0.15) is 0 Å². The van der Waals surface area contributed by atoms with Crippen LogP contribution >= 0.6 is 11.3 Å². The van der Waals surface area contributed by atoms with E-state index in [1.54, 1.807) is 41.5 Å². The topological polar surface area (TPSA) is 11.4 Å². The molecule has 12 rings (SSSR count). The Morgan fingerprint density at radius 1 is 0.509 bits per heavy atom. The van der Waals surface area contributed by atoms with Gasteiger partial charge >= 0.3 is 0 Å². The van der Waals surface area contributed by atoms with Crippen molar-refractivity contribution in [3.8, 4) is 5.69 Å². The molecular weight excluding hydrogens is 685 g/mol. The van der Waals surface area contributed by atoms with Crippen LogP contribution in [0.4, 0.5) is 34.1 Å². The summed E-state index contributed by atoms with van der Waals surface area (Å²) in [6, 6.07) is -12.8. The minimum absolute atomic E-state index is 0.00973. The van der Waals surface area contributed by atoms with Crippen molar-refractivity contribution < 1.29 is 30.2 Å². The van der Waals surface area contributed by atoms with Crippen molar-refractivity contribution >= 4 is 111 Å². The van der Waals surface area contributed by atoms with Crippen molar-refractivity contribution in [3.63, 3.8) is 0 Å². The largest absolute Gasteiger partial charge is 0.311 e. The highest BCUT2D eigenvalue weighted by Crippen LogP contribution is 2.53. The van der Waals surface area contributed by atoms with E-state index in [9.17, 15) is 21.9 Å². The van der Waals surface area contributed by atoms with Crippen LogP contribution in [0.3, 0.4) is 0 Å². The average molecular weight is 748 g/mol. The molecule has 5 heteroatoms. The lowest BCUT2D eigenvalue weighted by Crippen LogP contribution is -2.62. The molecule has 0 aliphatic carbocycles. The number of fused-ring (bicyclic) bond motifs is 12. The lowest BCUT2D eigenvalue weighted by molar-refractivity contribution is 0.590. The van der Waals surface area contributed by atoms with Gasteiger partial charge in [-0.3, -0.25) is 0 Å². The van der Waals surface area contributed by atoms with E-state index in [1.807, 2.05) is 0 Å². The van der Waals surface area contributed by atoms with E-state index in [0.717, 1.165) is 11.3 Å². The predicted molar refractivity (Wildman–Crippen MR) is 239 cm³/mol. The molecule has 5 heterocycles. The number of anilines is 6. The van der Waals surface area contributed by atoms with Gasteiger partial charge in [-0.2, -0.15) is 0 Å². The molecule has 0 radical (unpaired) electrons. The summed E-state index contributed by atoms with van der Waals surface area (Å²) in [5.41, 5.74) is -5.08. The number of aromatic nitrogens is 1. The molecule has 0 unspecified atom stereocenters. The number of hydrogen-bond donors (Lipinski definition) is 0. The number of nitrogens with zero attached hydrogens (tertiary/aromatic N) is 3. The Hall–Kier alpha value is -5.78. The summed E-state index contributed by atoms with van der Waals surface area (Å²) in [5, 5.41) is -0.700. The van der Waals surface area contributed by atoms with Crippen molar-refractivity contribution in [2.45, 2.75) is 52.4 Å². The lowest BCUT2D eigenvalue weighted by atomic mass is 9.33. The zero-order valence-electron chi connectivity index (χ0n) is 52.3. The Balaban J connectivity index is 1.39. The van der Waals surface area contributed by atoms with Crippen molar-refractivity contribution in [2.75, 3.05) is 9.80 Å². The first-order chi connectivity index (χ1) is 35.8. The van der Waals surface area contributed by atoms with Crippen LogP contribution in [0.2, 0.25) is 0 Å². The predicted octanol–water partition coefficient (Wildman–Crippen LogP) is 12.1. The summed E-state index contributed by atoms with van der Waals surface area (Å²) in [5.74, 6) is 0. The van der Waals surface area contributed by atoms with Crippen LogP contribution < -0.4 is 26.2 Å². The molecule has 0 atom stereocenters. The minimum atomic E-state index is -1.60. The van der Waals surface area contributed by atoms with Crippen molar-refractivity contribution in [1.29, 1.82) is 0 Å². The Morgan fingerprint density at radius 2 is 1.20 bits per heavy atom. The quantitative estimate of drug-likeness (QED) is 0.155. The van der Waals surface area contributed by atoms with Gasteiger partial charge in [-0.1, -0.05) is 120 Å². The molecule has 0 saturated heterocycles. The van der Waals surface area contributed by atoms with Gasteiger partial charge < -0.3 is 14.4 Å². The summed E-state index contributed by atoms with van der Waals surface area (Å²) in [7, 11) is 0. The van der Waals surface area contributed by atoms with Crippen LogP contribution in [0.5, 0.6) is 0 Å². The first-order valence-corrected chi connectivity index (χ1v) is 18.6. The maximum absolute atomic E-state index is 10.4. The zero-order valence-corrected chi connectivity index (χ0v) is 31.1. The maximum Gasteiger partial charge on any atom is 0.252 e. The number of para-hydroxylation sites is 3. The molecule has 0 saturated carbocycles. The van der Waals surface area contributed by atoms with Crippen molar-refractivity contribution in [2.24, 2.45) is 0 Å². The first-order valence-electron chi connectivity index (χ1n) is 28.8. The van der Waals surface area contributed by atoms with Crippen LogP contribution in [0.1, 0.15) is 82.8 Å². The number of benzene rings is 7. The molecule has 2 aromatic heterocycles. The zero-order chi connectivity index (χ0) is 56.3. The molecule has 0 fully saturated rings. The van der Waals surface area contributed by atoms with E-state index in [4.69, 9.17) is 8.22 Å². The molecule has 0 bridgehead atoms. The second-order valence-corrected chi connectivity index (χ2v) is 17.1. The summed E-state index contributed by atoms with van der Waals surface area (Å²) in [6.45, 7) is 8.67. The van der Waals surface area contributed by atoms with Crippen LogP contribution in [0, 0.1) is 0 Å². The standard InChI is InChI=1S/C50H40BN3S/c1-49(2,3)29-21-24-39-37(25-29)51-36-16-12-19-41-48(36)54(40-18-11-15-35-32-13-7-9-17-38(32)53(41)47(35)40)43-27-30(50(4,5)6)26-42(46(43)51)52(39)31-22-23-34-33-14-8-10-20-44(33)55-45(34)28-31/h7-28H,1-6H3/i7D,8D,9D,10D,11D,12D,13D,14D,15D,16D,17D,18D,19D,20D,21D,22D,23D,24D,25D,26D,27D,28D. The van der Waals surface area contributed by atoms with E-state index in [-0.39, 0.29) is 116 Å². The lowest BCUT2D eigenvalue weighted by Gasteiger charge is -2.47. The second-order valence-electron chi connectivity index (χ2n) is 16.1. The first kappa shape index (κ1) is 16.9. The van der Waals surface area contributed by atoms with Gasteiger partial charge in [-0.05, 0) is 92.7 Å². The monoisotopic (exact) mass is 747 g/mol. The SMILES string of the molecule is [2H]c1c([2H])c2c3c(c1[2H])-n1c4c([2H])c([2H])c([2H])c([2H])c4c4c([2H])c([2H])c([2H])c(c41)N3c1c([2H])c(C(C)(C)C)c([2H])c3c1B2c1c([2H])c(C(C)(C)C)c([2H])c([2H])c1N3c1c([2H])c([2H])c2c(sc3c([2H])c([2H])c([2H])c([2H])c32)c1[2H]. The van der Waals surface area contributed by atoms with Crippen LogP contribution in [-0.4, -0.2) is 11.3 Å². The van der Waals surface area contributed by atoms with Gasteiger partial charge in [0, 0.05) is 53.7 Å². The van der Waals surface area contributed by atoms with E-state index in [1.165, 1.54) is 14.4 Å². The van der Waals surface area contributed by atoms with Gasteiger partial charge in [-0.25, -0.2) is 0 Å². The fraction of sp³-hybridized carbons (Fsp3) is 0.160. The van der Waals surface area contributed by atoms with E-state index < -0.39 is 144 Å². The Bertz CT molecular complexity index is 4420. The Labute approximate surface area is 357 Å². The molecule has 264 valence electrons. The van der Waals surface area contributed by atoms with Crippen molar-refractivity contribution in [3.05, 3.63) is 144 Å². The van der Waals surface area contributed by atoms with Gasteiger partial charge in [0.05, 0.1) is 58.3 Å². The van der Waals surface area contributed by atoms with E-state index in [0.29, 0.717) is 0 Å². The fourth-order valence-electron chi connectivity index (χ4n) is 8.13. The molecule has 3 aliphatic rings. The molecular formula is C50H40BN3S. The molecule has 3 aliphatic heterocycles. The highest BCUT2D eigenvalue weighted by molar-refractivity contribution is 7.25. The summed E-state index contributed by atoms with van der Waals surface area (Å²) < 4.78 is 210. The Morgan fingerprint density at radius 3 is 2.02 bits per heavy atom.